The molecule has 1 saturated carbocycles. The van der Waals surface area contributed by atoms with E-state index in [1.54, 1.807) is 35.6 Å². The van der Waals surface area contributed by atoms with Crippen LogP contribution in [0.25, 0.3) is 0 Å². The highest BCUT2D eigenvalue weighted by atomic mass is 32.1. The molecule has 1 aliphatic rings. The van der Waals surface area contributed by atoms with Crippen molar-refractivity contribution in [3.8, 4) is 6.07 Å². The van der Waals surface area contributed by atoms with Crippen LogP contribution in [0.15, 0.2) is 41.8 Å². The molecule has 0 saturated heterocycles. The average Bonchev–Trinajstić information content (AvgIpc) is 3.21. The number of hydrogen-bond acceptors (Lipinski definition) is 3. The molecule has 1 aromatic carbocycles. The molecule has 3 rings (SSSR count). The molecule has 1 amide bonds. The van der Waals surface area contributed by atoms with Crippen LogP contribution in [0.5, 0.6) is 0 Å². The van der Waals surface area contributed by atoms with Crippen LogP contribution in [0.3, 0.4) is 0 Å². The first-order valence-corrected chi connectivity index (χ1v) is 7.49. The van der Waals surface area contributed by atoms with Crippen molar-refractivity contribution in [2.24, 2.45) is 0 Å². The topological polar surface area (TPSA) is 44.1 Å². The average molecular weight is 282 g/mol. The highest BCUT2D eigenvalue weighted by Crippen LogP contribution is 2.30. The van der Waals surface area contributed by atoms with Gasteiger partial charge in [-0.15, -0.1) is 11.3 Å². The third-order valence-electron chi connectivity index (χ3n) is 3.42. The number of thiophene rings is 1. The smallest absolute Gasteiger partial charge is 0.254 e. The molecule has 0 unspecified atom stereocenters. The standard InChI is InChI=1S/C16H14N2OS/c17-10-12-3-5-13(6-4-12)16(19)18(14-7-8-14)11-15-2-1-9-20-15/h1-6,9,14H,7-8,11H2. The van der Waals surface area contributed by atoms with Gasteiger partial charge < -0.3 is 4.90 Å². The molecule has 0 N–H and O–H groups in total. The Bertz CT molecular complexity index is 636. The Morgan fingerprint density at radius 3 is 2.60 bits per heavy atom. The van der Waals surface area contributed by atoms with Crippen LogP contribution < -0.4 is 0 Å². The van der Waals surface area contributed by atoms with Gasteiger partial charge in [-0.25, -0.2) is 0 Å². The van der Waals surface area contributed by atoms with Crippen molar-refractivity contribution in [1.29, 1.82) is 5.26 Å². The first-order chi connectivity index (χ1) is 9.78. The summed E-state index contributed by atoms with van der Waals surface area (Å²) in [6, 6.07) is 13.4. The van der Waals surface area contributed by atoms with E-state index < -0.39 is 0 Å². The van der Waals surface area contributed by atoms with E-state index in [2.05, 4.69) is 12.1 Å². The maximum Gasteiger partial charge on any atom is 0.254 e. The Kier molecular flexibility index (Phi) is 3.53. The van der Waals surface area contributed by atoms with E-state index in [0.717, 1.165) is 12.8 Å². The van der Waals surface area contributed by atoms with E-state index in [9.17, 15) is 4.79 Å². The maximum atomic E-state index is 12.6. The quantitative estimate of drug-likeness (QED) is 0.862. The number of nitriles is 1. The minimum absolute atomic E-state index is 0.0605. The lowest BCUT2D eigenvalue weighted by Gasteiger charge is -2.21. The molecule has 0 radical (unpaired) electrons. The minimum atomic E-state index is 0.0605. The summed E-state index contributed by atoms with van der Waals surface area (Å²) in [6.07, 6.45) is 2.18. The number of hydrogen-bond donors (Lipinski definition) is 0. The highest BCUT2D eigenvalue weighted by molar-refractivity contribution is 7.09. The predicted octanol–water partition coefficient (Wildman–Crippen LogP) is 3.42. The van der Waals surface area contributed by atoms with Crippen molar-refractivity contribution in [3.05, 3.63) is 57.8 Å². The Hall–Kier alpha value is -2.12. The molecule has 0 spiro atoms. The molecule has 4 heteroatoms. The molecule has 2 aromatic rings. The second kappa shape index (κ2) is 5.48. The summed E-state index contributed by atoms with van der Waals surface area (Å²) in [6.45, 7) is 0.682. The van der Waals surface area contributed by atoms with Crippen molar-refractivity contribution < 1.29 is 4.79 Å². The Morgan fingerprint density at radius 2 is 2.05 bits per heavy atom. The summed E-state index contributed by atoms with van der Waals surface area (Å²) in [5, 5.41) is 10.8. The number of rotatable bonds is 4. The lowest BCUT2D eigenvalue weighted by Crippen LogP contribution is -2.32. The van der Waals surface area contributed by atoms with Crippen LogP contribution in [0.1, 0.15) is 33.6 Å². The summed E-state index contributed by atoms with van der Waals surface area (Å²) in [5.41, 5.74) is 1.24. The van der Waals surface area contributed by atoms with E-state index in [1.807, 2.05) is 16.3 Å². The molecule has 0 atom stereocenters. The van der Waals surface area contributed by atoms with Gasteiger partial charge in [-0.1, -0.05) is 6.07 Å². The third kappa shape index (κ3) is 2.73. The number of carbonyl (C=O) groups is 1. The Balaban J connectivity index is 1.79. The molecule has 1 heterocycles. The number of benzene rings is 1. The van der Waals surface area contributed by atoms with Gasteiger partial charge in [0, 0.05) is 16.5 Å². The van der Waals surface area contributed by atoms with Crippen molar-refractivity contribution in [2.45, 2.75) is 25.4 Å². The van der Waals surface area contributed by atoms with Gasteiger partial charge in [-0.05, 0) is 48.6 Å². The molecule has 20 heavy (non-hydrogen) atoms. The summed E-state index contributed by atoms with van der Waals surface area (Å²) in [7, 11) is 0. The zero-order chi connectivity index (χ0) is 13.9. The lowest BCUT2D eigenvalue weighted by molar-refractivity contribution is 0.0731. The molecule has 1 fully saturated rings. The normalized spacial score (nSPS) is 13.8. The van der Waals surface area contributed by atoms with E-state index in [0.29, 0.717) is 23.7 Å². The fraction of sp³-hybridized carbons (Fsp3) is 0.250. The maximum absolute atomic E-state index is 12.6. The zero-order valence-corrected chi connectivity index (χ0v) is 11.8. The lowest BCUT2D eigenvalue weighted by atomic mass is 10.1. The van der Waals surface area contributed by atoms with E-state index in [1.165, 1.54) is 4.88 Å². The molecular formula is C16H14N2OS. The second-order valence-corrected chi connectivity index (χ2v) is 5.96. The number of carbonyl (C=O) groups excluding carboxylic acids is 1. The Labute approximate surface area is 122 Å². The number of amides is 1. The van der Waals surface area contributed by atoms with Crippen molar-refractivity contribution in [2.75, 3.05) is 0 Å². The predicted molar refractivity (Wildman–Crippen MR) is 78.4 cm³/mol. The van der Waals surface area contributed by atoms with Crippen LogP contribution >= 0.6 is 11.3 Å². The highest BCUT2D eigenvalue weighted by Gasteiger charge is 2.33. The molecule has 100 valence electrons. The fourth-order valence-corrected chi connectivity index (χ4v) is 2.88. The van der Waals surface area contributed by atoms with Crippen LogP contribution in [0.4, 0.5) is 0 Å². The van der Waals surface area contributed by atoms with Gasteiger partial charge in [0.25, 0.3) is 5.91 Å². The minimum Gasteiger partial charge on any atom is -0.331 e. The largest absolute Gasteiger partial charge is 0.331 e. The molecule has 3 nitrogen and oxygen atoms in total. The van der Waals surface area contributed by atoms with Gasteiger partial charge in [0.05, 0.1) is 18.2 Å². The van der Waals surface area contributed by atoms with Crippen molar-refractivity contribution in [1.82, 2.24) is 4.90 Å². The molecule has 0 aliphatic heterocycles. The second-order valence-electron chi connectivity index (χ2n) is 4.93. The first-order valence-electron chi connectivity index (χ1n) is 6.61. The van der Waals surface area contributed by atoms with Crippen LogP contribution in [0.2, 0.25) is 0 Å². The van der Waals surface area contributed by atoms with Gasteiger partial charge in [-0.2, -0.15) is 5.26 Å². The summed E-state index contributed by atoms with van der Waals surface area (Å²) in [4.78, 5) is 15.8. The number of nitrogens with zero attached hydrogens (tertiary/aromatic N) is 2. The molecule has 0 bridgehead atoms. The van der Waals surface area contributed by atoms with Crippen LogP contribution in [0, 0.1) is 11.3 Å². The van der Waals surface area contributed by atoms with E-state index in [4.69, 9.17) is 5.26 Å². The van der Waals surface area contributed by atoms with Crippen molar-refractivity contribution in [3.63, 3.8) is 0 Å². The third-order valence-corrected chi connectivity index (χ3v) is 4.28. The van der Waals surface area contributed by atoms with Gasteiger partial charge in [0.15, 0.2) is 0 Å². The summed E-state index contributed by atoms with van der Waals surface area (Å²) in [5.74, 6) is 0.0605. The van der Waals surface area contributed by atoms with Gasteiger partial charge in [0.2, 0.25) is 0 Å². The molecule has 1 aliphatic carbocycles. The van der Waals surface area contributed by atoms with Gasteiger partial charge in [-0.3, -0.25) is 4.79 Å². The van der Waals surface area contributed by atoms with Crippen LogP contribution in [-0.4, -0.2) is 16.8 Å². The summed E-state index contributed by atoms with van der Waals surface area (Å²) < 4.78 is 0. The monoisotopic (exact) mass is 282 g/mol. The summed E-state index contributed by atoms with van der Waals surface area (Å²) >= 11 is 1.68. The zero-order valence-electron chi connectivity index (χ0n) is 11.0. The fourth-order valence-electron chi connectivity index (χ4n) is 2.18. The molecule has 1 aromatic heterocycles. The van der Waals surface area contributed by atoms with E-state index in [-0.39, 0.29) is 5.91 Å². The Morgan fingerprint density at radius 1 is 1.30 bits per heavy atom. The molecular weight excluding hydrogens is 268 g/mol. The van der Waals surface area contributed by atoms with Gasteiger partial charge in [0.1, 0.15) is 0 Å². The van der Waals surface area contributed by atoms with E-state index >= 15 is 0 Å². The van der Waals surface area contributed by atoms with Crippen LogP contribution in [-0.2, 0) is 6.54 Å². The van der Waals surface area contributed by atoms with Crippen molar-refractivity contribution >= 4 is 17.2 Å². The van der Waals surface area contributed by atoms with Gasteiger partial charge >= 0.3 is 0 Å². The first kappa shape index (κ1) is 12.9. The SMILES string of the molecule is N#Cc1ccc(C(=O)N(Cc2cccs2)C2CC2)cc1.